The van der Waals surface area contributed by atoms with Crippen LogP contribution in [0.5, 0.6) is 0 Å². The first-order valence-electron chi connectivity index (χ1n) is 26.3. The molecule has 0 aliphatic carbocycles. The number of allylic oxidation sites excluding steroid dienone is 4. The van der Waals surface area contributed by atoms with Crippen molar-refractivity contribution in [1.82, 2.24) is 0 Å². The maximum absolute atomic E-state index is 12.8. The average Bonchev–Trinajstić information content (AvgIpc) is 3.24. The highest BCUT2D eigenvalue weighted by molar-refractivity contribution is 5.71. The smallest absolute Gasteiger partial charge is 0.306 e. The molecular weight excluding hydrogens is 745 g/mol. The Morgan fingerprint density at radius 1 is 0.333 bits per heavy atom. The zero-order chi connectivity index (χ0) is 43.7. The van der Waals surface area contributed by atoms with E-state index in [2.05, 4.69) is 45.1 Å². The number of carbonyl (C=O) groups excluding carboxylic acids is 3. The van der Waals surface area contributed by atoms with Gasteiger partial charge in [0.1, 0.15) is 13.2 Å². The fourth-order valence-corrected chi connectivity index (χ4v) is 7.71. The molecular formula is C54H100O6. The lowest BCUT2D eigenvalue weighted by Crippen LogP contribution is -2.30. The minimum Gasteiger partial charge on any atom is -0.462 e. The second kappa shape index (κ2) is 49.5. The number of unbranched alkanes of at least 4 members (excludes halogenated alkanes) is 33. The molecule has 0 spiro atoms. The van der Waals surface area contributed by atoms with Crippen molar-refractivity contribution in [3.8, 4) is 0 Å². The first-order chi connectivity index (χ1) is 29.5. The molecule has 0 radical (unpaired) electrons. The molecule has 0 heterocycles. The minimum absolute atomic E-state index is 0.0688. The van der Waals surface area contributed by atoms with Crippen LogP contribution in [0.3, 0.4) is 0 Å². The van der Waals surface area contributed by atoms with Crippen LogP contribution in [0.4, 0.5) is 0 Å². The molecule has 1 atom stereocenters. The molecule has 0 aromatic rings. The summed E-state index contributed by atoms with van der Waals surface area (Å²) in [6.07, 6.45) is 55.8. The van der Waals surface area contributed by atoms with E-state index in [9.17, 15) is 14.4 Å². The summed E-state index contributed by atoms with van der Waals surface area (Å²) in [6, 6.07) is 0. The highest BCUT2D eigenvalue weighted by Crippen LogP contribution is 2.16. The average molecular weight is 845 g/mol. The highest BCUT2D eigenvalue weighted by Gasteiger charge is 2.19. The molecule has 0 aromatic carbocycles. The van der Waals surface area contributed by atoms with Gasteiger partial charge in [0, 0.05) is 19.3 Å². The molecule has 6 heteroatoms. The predicted molar refractivity (Wildman–Crippen MR) is 256 cm³/mol. The van der Waals surface area contributed by atoms with E-state index in [0.29, 0.717) is 19.3 Å². The van der Waals surface area contributed by atoms with Crippen molar-refractivity contribution in [2.24, 2.45) is 0 Å². The molecule has 0 bridgehead atoms. The van der Waals surface area contributed by atoms with E-state index in [4.69, 9.17) is 14.2 Å². The molecule has 0 N–H and O–H groups in total. The number of esters is 3. The zero-order valence-electron chi connectivity index (χ0n) is 40.2. The van der Waals surface area contributed by atoms with Crippen molar-refractivity contribution >= 4 is 17.9 Å². The third kappa shape index (κ3) is 46.9. The summed E-state index contributed by atoms with van der Waals surface area (Å²) in [5, 5.41) is 0. The van der Waals surface area contributed by atoms with Gasteiger partial charge in [0.15, 0.2) is 6.10 Å². The molecule has 0 saturated heterocycles. The van der Waals surface area contributed by atoms with Gasteiger partial charge < -0.3 is 14.2 Å². The fourth-order valence-electron chi connectivity index (χ4n) is 7.71. The number of hydrogen-bond acceptors (Lipinski definition) is 6. The van der Waals surface area contributed by atoms with Gasteiger partial charge in [-0.2, -0.15) is 0 Å². The number of ether oxygens (including phenoxy) is 3. The van der Waals surface area contributed by atoms with Crippen molar-refractivity contribution in [3.05, 3.63) is 24.3 Å². The first-order valence-corrected chi connectivity index (χ1v) is 26.3. The Labute approximate surface area is 373 Å². The van der Waals surface area contributed by atoms with Gasteiger partial charge >= 0.3 is 17.9 Å². The SMILES string of the molecule is CCCCC/C=C\C/C=C\CCCCCCCCCC(=O)OC[C@@H](COC(=O)CCCCCCCCCCCCCC)OC(=O)CCCCCCCCCCCCCCC. The summed E-state index contributed by atoms with van der Waals surface area (Å²) in [6.45, 7) is 6.63. The maximum atomic E-state index is 12.8. The van der Waals surface area contributed by atoms with E-state index in [-0.39, 0.29) is 31.1 Å². The normalized spacial score (nSPS) is 12.1. The molecule has 0 amide bonds. The lowest BCUT2D eigenvalue weighted by molar-refractivity contribution is -0.167. The van der Waals surface area contributed by atoms with Crippen molar-refractivity contribution < 1.29 is 28.6 Å². The highest BCUT2D eigenvalue weighted by atomic mass is 16.6. The van der Waals surface area contributed by atoms with Crippen LogP contribution in [0, 0.1) is 0 Å². The molecule has 352 valence electrons. The minimum atomic E-state index is -0.767. The van der Waals surface area contributed by atoms with Crippen molar-refractivity contribution in [2.45, 2.75) is 290 Å². The maximum Gasteiger partial charge on any atom is 0.306 e. The summed E-state index contributed by atoms with van der Waals surface area (Å²) in [4.78, 5) is 37.9. The van der Waals surface area contributed by atoms with Crippen molar-refractivity contribution in [3.63, 3.8) is 0 Å². The monoisotopic (exact) mass is 845 g/mol. The summed E-state index contributed by atoms with van der Waals surface area (Å²) >= 11 is 0. The van der Waals surface area contributed by atoms with E-state index in [1.807, 2.05) is 0 Å². The molecule has 0 aliphatic heterocycles. The second-order valence-electron chi connectivity index (χ2n) is 17.8. The molecule has 0 unspecified atom stereocenters. The largest absolute Gasteiger partial charge is 0.462 e. The number of hydrogen-bond donors (Lipinski definition) is 0. The molecule has 0 saturated carbocycles. The Hall–Kier alpha value is -2.11. The van der Waals surface area contributed by atoms with Crippen molar-refractivity contribution in [1.29, 1.82) is 0 Å². The van der Waals surface area contributed by atoms with E-state index < -0.39 is 6.10 Å². The fraction of sp³-hybridized carbons (Fsp3) is 0.870. The van der Waals surface area contributed by atoms with Crippen LogP contribution in [0.15, 0.2) is 24.3 Å². The van der Waals surface area contributed by atoms with Gasteiger partial charge in [0.05, 0.1) is 0 Å². The molecule has 0 fully saturated rings. The molecule has 0 aromatic heterocycles. The Morgan fingerprint density at radius 3 is 0.950 bits per heavy atom. The van der Waals surface area contributed by atoms with Crippen LogP contribution in [0.1, 0.15) is 284 Å². The summed E-state index contributed by atoms with van der Waals surface area (Å²) in [5.41, 5.74) is 0. The number of carbonyl (C=O) groups is 3. The second-order valence-corrected chi connectivity index (χ2v) is 17.8. The van der Waals surface area contributed by atoms with E-state index in [1.54, 1.807) is 0 Å². The number of rotatable bonds is 48. The molecule has 0 aliphatic rings. The summed E-state index contributed by atoms with van der Waals surface area (Å²) < 4.78 is 16.8. The Morgan fingerprint density at radius 2 is 0.600 bits per heavy atom. The van der Waals surface area contributed by atoms with Crippen LogP contribution in [-0.2, 0) is 28.6 Å². The zero-order valence-corrected chi connectivity index (χ0v) is 40.2. The van der Waals surface area contributed by atoms with Gasteiger partial charge in [-0.3, -0.25) is 14.4 Å². The summed E-state index contributed by atoms with van der Waals surface area (Å²) in [5.74, 6) is -0.862. The van der Waals surface area contributed by atoms with E-state index >= 15 is 0 Å². The Balaban J connectivity index is 4.33. The molecule has 60 heavy (non-hydrogen) atoms. The van der Waals surface area contributed by atoms with E-state index in [0.717, 1.165) is 70.6 Å². The van der Waals surface area contributed by atoms with Crippen LogP contribution < -0.4 is 0 Å². The van der Waals surface area contributed by atoms with Gasteiger partial charge in [-0.1, -0.05) is 238 Å². The van der Waals surface area contributed by atoms with Crippen molar-refractivity contribution in [2.75, 3.05) is 13.2 Å². The van der Waals surface area contributed by atoms with Crippen LogP contribution in [0.25, 0.3) is 0 Å². The standard InChI is InChI=1S/C54H100O6/c1-4-7-10-13-16-19-22-25-26-27-28-30-32-35-38-41-44-47-53(56)59-50-51(49-58-52(55)46-43-40-37-34-31-24-21-18-15-12-9-6-3)60-54(57)48-45-42-39-36-33-29-23-20-17-14-11-8-5-2/h16,19,25-26,51H,4-15,17-18,20-24,27-50H2,1-3H3/b19-16-,26-25-/t51-/m1/s1. The molecule has 0 rings (SSSR count). The summed E-state index contributed by atoms with van der Waals surface area (Å²) in [7, 11) is 0. The van der Waals surface area contributed by atoms with Gasteiger partial charge in [0.25, 0.3) is 0 Å². The molecule has 6 nitrogen and oxygen atoms in total. The third-order valence-corrected chi connectivity index (χ3v) is 11.7. The lowest BCUT2D eigenvalue weighted by Gasteiger charge is -2.18. The Kier molecular flexibility index (Phi) is 47.8. The Bertz CT molecular complexity index is 973. The third-order valence-electron chi connectivity index (χ3n) is 11.7. The van der Waals surface area contributed by atoms with Crippen LogP contribution in [0.2, 0.25) is 0 Å². The predicted octanol–water partition coefficient (Wildman–Crippen LogP) is 17.2. The first kappa shape index (κ1) is 57.9. The van der Waals surface area contributed by atoms with Gasteiger partial charge in [-0.05, 0) is 51.4 Å². The van der Waals surface area contributed by atoms with Gasteiger partial charge in [0.2, 0.25) is 0 Å². The van der Waals surface area contributed by atoms with E-state index in [1.165, 1.54) is 173 Å². The van der Waals surface area contributed by atoms with Gasteiger partial charge in [-0.25, -0.2) is 0 Å². The van der Waals surface area contributed by atoms with Crippen LogP contribution >= 0.6 is 0 Å². The lowest BCUT2D eigenvalue weighted by atomic mass is 10.0. The van der Waals surface area contributed by atoms with Crippen LogP contribution in [-0.4, -0.2) is 37.2 Å². The topological polar surface area (TPSA) is 78.9 Å². The quantitative estimate of drug-likeness (QED) is 0.0263. The van der Waals surface area contributed by atoms with Gasteiger partial charge in [-0.15, -0.1) is 0 Å².